The molecule has 2 aromatic rings. The van der Waals surface area contributed by atoms with Crippen LogP contribution in [0, 0.1) is 24.2 Å². The summed E-state index contributed by atoms with van der Waals surface area (Å²) in [5.74, 6) is 1.12. The summed E-state index contributed by atoms with van der Waals surface area (Å²) in [6.07, 6.45) is 5.05. The summed E-state index contributed by atoms with van der Waals surface area (Å²) in [6, 6.07) is 9.71. The van der Waals surface area contributed by atoms with E-state index in [0.29, 0.717) is 48.3 Å². The number of amides is 1. The lowest BCUT2D eigenvalue weighted by Gasteiger charge is -2.64. The number of carbonyl (C=O) groups excluding carboxylic acids is 1. The molecule has 1 aromatic heterocycles. The molecular formula is C27H37BN6O3. The summed E-state index contributed by atoms with van der Waals surface area (Å²) >= 11 is 0. The highest BCUT2D eigenvalue weighted by Crippen LogP contribution is 2.65. The van der Waals surface area contributed by atoms with E-state index in [9.17, 15) is 4.79 Å². The Bertz CT molecular complexity index is 1190. The largest absolute Gasteiger partial charge is 0.481 e. The van der Waals surface area contributed by atoms with Gasteiger partial charge in [-0.2, -0.15) is 0 Å². The molecule has 5 atom stereocenters. The summed E-state index contributed by atoms with van der Waals surface area (Å²) in [7, 11) is -0.543. The van der Waals surface area contributed by atoms with Gasteiger partial charge in [-0.05, 0) is 56.8 Å². The summed E-state index contributed by atoms with van der Waals surface area (Å²) in [4.78, 5) is 26.6. The summed E-state index contributed by atoms with van der Waals surface area (Å²) in [5.41, 5.74) is 12.8. The predicted octanol–water partition coefficient (Wildman–Crippen LogP) is 2.87. The van der Waals surface area contributed by atoms with Gasteiger partial charge in [0.1, 0.15) is 0 Å². The zero-order valence-electron chi connectivity index (χ0n) is 22.1. The van der Waals surface area contributed by atoms with Gasteiger partial charge in [0.2, 0.25) is 0 Å². The van der Waals surface area contributed by atoms with Crippen LogP contribution in [-0.2, 0) is 9.31 Å². The van der Waals surface area contributed by atoms with Crippen LogP contribution in [0.25, 0.3) is 11.4 Å². The number of aromatic nitrogens is 2. The highest BCUT2D eigenvalue weighted by molar-refractivity contribution is 6.48. The Morgan fingerprint density at radius 3 is 2.68 bits per heavy atom. The smallest absolute Gasteiger partial charge is 0.404 e. The van der Waals surface area contributed by atoms with Crippen molar-refractivity contribution in [2.24, 2.45) is 33.7 Å². The Morgan fingerprint density at radius 1 is 1.24 bits per heavy atom. The minimum atomic E-state index is -0.543. The van der Waals surface area contributed by atoms with Crippen molar-refractivity contribution in [2.75, 3.05) is 6.54 Å². The van der Waals surface area contributed by atoms with Crippen molar-refractivity contribution >= 4 is 19.0 Å². The zero-order valence-corrected chi connectivity index (χ0v) is 22.1. The molecule has 4 aliphatic rings. The predicted molar refractivity (Wildman–Crippen MR) is 143 cm³/mol. The van der Waals surface area contributed by atoms with Gasteiger partial charge >= 0.3 is 7.12 Å². The molecule has 0 spiro atoms. The van der Waals surface area contributed by atoms with Crippen LogP contribution in [-0.4, -0.2) is 53.1 Å². The van der Waals surface area contributed by atoms with Gasteiger partial charge in [-0.25, -0.2) is 9.97 Å². The number of benzene rings is 1. The van der Waals surface area contributed by atoms with Crippen molar-refractivity contribution in [3.05, 3.63) is 47.8 Å². The third kappa shape index (κ3) is 4.72. The van der Waals surface area contributed by atoms with Crippen LogP contribution in [0.4, 0.5) is 0 Å². The number of nitrogens with two attached hydrogens (primary N) is 2. The van der Waals surface area contributed by atoms with Crippen molar-refractivity contribution in [2.45, 2.75) is 71.0 Å². The third-order valence-electron chi connectivity index (χ3n) is 8.84. The molecule has 10 heteroatoms. The van der Waals surface area contributed by atoms with Crippen molar-refractivity contribution in [1.82, 2.24) is 15.3 Å². The first-order valence-electron chi connectivity index (χ1n) is 13.2. The lowest BCUT2D eigenvalue weighted by molar-refractivity contribution is -0.199. The van der Waals surface area contributed by atoms with Gasteiger partial charge in [-0.3, -0.25) is 9.79 Å². The molecule has 0 radical (unpaired) electrons. The fourth-order valence-corrected chi connectivity index (χ4v) is 6.53. The first kappa shape index (κ1) is 25.7. The van der Waals surface area contributed by atoms with E-state index in [4.69, 9.17) is 20.8 Å². The Morgan fingerprint density at radius 2 is 2.00 bits per heavy atom. The Kier molecular flexibility index (Phi) is 6.74. The van der Waals surface area contributed by atoms with Gasteiger partial charge in [0.25, 0.3) is 5.91 Å². The number of hydrogen-bond donors (Lipinski definition) is 3. The van der Waals surface area contributed by atoms with E-state index in [-0.39, 0.29) is 34.9 Å². The molecule has 2 heterocycles. The van der Waals surface area contributed by atoms with Gasteiger partial charge in [-0.1, -0.05) is 44.2 Å². The molecular weight excluding hydrogens is 467 g/mol. The van der Waals surface area contributed by atoms with Gasteiger partial charge in [0.15, 0.2) is 11.8 Å². The van der Waals surface area contributed by atoms with Crippen LogP contribution in [0.5, 0.6) is 0 Å². The fraction of sp³-hybridized carbons (Fsp3) is 0.556. The second kappa shape index (κ2) is 9.72. The van der Waals surface area contributed by atoms with Crippen LogP contribution in [0.1, 0.15) is 62.5 Å². The van der Waals surface area contributed by atoms with Gasteiger partial charge in [-0.15, -0.1) is 0 Å². The van der Waals surface area contributed by atoms with E-state index < -0.39 is 7.12 Å². The van der Waals surface area contributed by atoms with Crippen LogP contribution < -0.4 is 16.8 Å². The summed E-state index contributed by atoms with van der Waals surface area (Å²) in [5, 5.41) is 3.16. The molecule has 2 unspecified atom stereocenters. The topological polar surface area (TPSA) is 138 Å². The van der Waals surface area contributed by atoms with Crippen LogP contribution in [0.3, 0.4) is 0 Å². The number of carbonyl (C=O) groups is 1. The first-order chi connectivity index (χ1) is 17.6. The van der Waals surface area contributed by atoms with Gasteiger partial charge < -0.3 is 26.1 Å². The number of rotatable bonds is 8. The molecule has 1 aromatic carbocycles. The van der Waals surface area contributed by atoms with E-state index in [2.05, 4.69) is 41.0 Å². The summed E-state index contributed by atoms with van der Waals surface area (Å²) < 4.78 is 13.2. The molecule has 4 fully saturated rings. The zero-order chi connectivity index (χ0) is 26.4. The molecule has 3 aliphatic carbocycles. The van der Waals surface area contributed by atoms with Crippen molar-refractivity contribution in [3.8, 4) is 11.4 Å². The molecule has 5 N–H and O–H groups in total. The van der Waals surface area contributed by atoms with Gasteiger partial charge in [0.05, 0.1) is 28.9 Å². The second-order valence-corrected chi connectivity index (χ2v) is 11.4. The molecule has 1 saturated heterocycles. The first-order valence-corrected chi connectivity index (χ1v) is 13.2. The number of hydrogen-bond acceptors (Lipinski definition) is 6. The maximum absolute atomic E-state index is 13.4. The maximum Gasteiger partial charge on any atom is 0.481 e. The number of guanidine groups is 1. The minimum absolute atomic E-state index is 0.0293. The van der Waals surface area contributed by atoms with E-state index in [1.165, 1.54) is 6.42 Å². The van der Waals surface area contributed by atoms with E-state index in [1.807, 2.05) is 37.3 Å². The molecule has 196 valence electrons. The number of aryl methyl sites for hydroxylation is 1. The van der Waals surface area contributed by atoms with Crippen LogP contribution in [0.15, 0.2) is 41.5 Å². The third-order valence-corrected chi connectivity index (χ3v) is 8.84. The summed E-state index contributed by atoms with van der Waals surface area (Å²) in [6.45, 7) is 9.14. The standard InChI is InChI=1S/C27H37BN6O3/c1-16-19(15-32-23(33-16)17-9-6-5-7-10-17)24(35)34-22(11-8-12-31-25(29)30)28-36-21-14-18-13-20(26(18,2)3)27(21,4)37-28/h5-7,9-10,15,18,20-22H,8,11-14H2,1-4H3,(H,34,35)(H4,29,30,31)/t18?,20?,21-,22+,27+/m1/s1. The molecule has 1 amide bonds. The lowest BCUT2D eigenvalue weighted by atomic mass is 9.43. The number of aliphatic imine (C=N–C) groups is 1. The molecule has 1 aliphatic heterocycles. The monoisotopic (exact) mass is 504 g/mol. The Hall–Kier alpha value is -2.98. The van der Waals surface area contributed by atoms with E-state index in [1.54, 1.807) is 6.20 Å². The van der Waals surface area contributed by atoms with Crippen molar-refractivity contribution in [1.29, 1.82) is 0 Å². The molecule has 9 nitrogen and oxygen atoms in total. The van der Waals surface area contributed by atoms with Crippen molar-refractivity contribution < 1.29 is 14.1 Å². The minimum Gasteiger partial charge on any atom is -0.404 e. The average molecular weight is 504 g/mol. The fourth-order valence-electron chi connectivity index (χ4n) is 6.53. The highest BCUT2D eigenvalue weighted by atomic mass is 16.7. The number of nitrogens with zero attached hydrogens (tertiary/aromatic N) is 3. The van der Waals surface area contributed by atoms with Gasteiger partial charge in [0, 0.05) is 18.3 Å². The maximum atomic E-state index is 13.4. The molecule has 37 heavy (non-hydrogen) atoms. The van der Waals surface area contributed by atoms with E-state index in [0.717, 1.165) is 12.0 Å². The Labute approximate surface area is 219 Å². The molecule has 2 bridgehead atoms. The Balaban J connectivity index is 1.33. The van der Waals surface area contributed by atoms with Crippen LogP contribution >= 0.6 is 0 Å². The van der Waals surface area contributed by atoms with Crippen LogP contribution in [0.2, 0.25) is 0 Å². The normalized spacial score (nSPS) is 28.1. The average Bonchev–Trinajstić information content (AvgIpc) is 3.23. The quantitative estimate of drug-likeness (QED) is 0.218. The highest BCUT2D eigenvalue weighted by Gasteiger charge is 2.68. The molecule has 3 saturated carbocycles. The SMILES string of the molecule is Cc1nc(-c2ccccc2)ncc1C(=O)N[C@@H](CCCN=C(N)N)B1O[C@@H]2CC3CC(C3(C)C)[C@]2(C)O1. The second-order valence-electron chi connectivity index (χ2n) is 11.4. The van der Waals surface area contributed by atoms with E-state index >= 15 is 0 Å². The molecule has 6 rings (SSSR count). The number of nitrogens with one attached hydrogen (secondary N) is 1. The van der Waals surface area contributed by atoms with Crippen molar-refractivity contribution in [3.63, 3.8) is 0 Å². The lowest BCUT2D eigenvalue weighted by Crippen LogP contribution is -2.65.